The Hall–Kier alpha value is -1.87. The number of carbonyl (C=O) groups is 2. The number of amides is 2. The molecule has 1 saturated heterocycles. The van der Waals surface area contributed by atoms with Gasteiger partial charge in [-0.1, -0.05) is 35.1 Å². The van der Waals surface area contributed by atoms with Gasteiger partial charge in [0.25, 0.3) is 11.8 Å². The Labute approximate surface area is 177 Å². The monoisotopic (exact) mass is 442 g/mol. The second-order valence-electron chi connectivity index (χ2n) is 6.17. The molecule has 0 aliphatic carbocycles. The second-order valence-corrected chi connectivity index (χ2v) is 7.54. The average molecular weight is 443 g/mol. The number of benzene rings is 1. The van der Waals surface area contributed by atoms with E-state index >= 15 is 0 Å². The Bertz CT molecular complexity index is 897. The minimum atomic E-state index is -0.407. The van der Waals surface area contributed by atoms with Crippen LogP contribution in [0.2, 0.25) is 10.0 Å². The smallest absolute Gasteiger partial charge is 0.273 e. The summed E-state index contributed by atoms with van der Waals surface area (Å²) in [6, 6.07) is 5.14. The van der Waals surface area contributed by atoms with E-state index in [0.717, 1.165) is 5.69 Å². The van der Waals surface area contributed by atoms with Crippen LogP contribution in [0, 0.1) is 6.92 Å². The van der Waals surface area contributed by atoms with E-state index in [9.17, 15) is 9.59 Å². The van der Waals surface area contributed by atoms with Crippen molar-refractivity contribution < 1.29 is 14.3 Å². The van der Waals surface area contributed by atoms with Crippen molar-refractivity contribution in [1.29, 1.82) is 0 Å². The SMILES string of the molecule is CSNC(=O)c1ccc(NC(=O)c2[nH]c(C)c(Cl)c2Cl)c(N2CCOCC2)c1. The van der Waals surface area contributed by atoms with E-state index in [1.807, 2.05) is 0 Å². The molecule has 0 bridgehead atoms. The lowest BCUT2D eigenvalue weighted by molar-refractivity contribution is 0.0983. The number of carbonyl (C=O) groups excluding carboxylic acids is 2. The fourth-order valence-corrected chi connectivity index (χ4v) is 3.63. The molecule has 1 aliphatic rings. The summed E-state index contributed by atoms with van der Waals surface area (Å²) in [6.07, 6.45) is 1.78. The van der Waals surface area contributed by atoms with Crippen molar-refractivity contribution in [2.45, 2.75) is 6.92 Å². The molecule has 7 nitrogen and oxygen atoms in total. The molecule has 3 rings (SSSR count). The fraction of sp³-hybridized carbons (Fsp3) is 0.333. The lowest BCUT2D eigenvalue weighted by atomic mass is 10.1. The van der Waals surface area contributed by atoms with Crippen molar-refractivity contribution in [3.8, 4) is 0 Å². The number of aryl methyl sites for hydroxylation is 1. The highest BCUT2D eigenvalue weighted by molar-refractivity contribution is 7.97. The first-order valence-corrected chi connectivity index (χ1v) is 10.6. The summed E-state index contributed by atoms with van der Waals surface area (Å²) >= 11 is 13.5. The summed E-state index contributed by atoms with van der Waals surface area (Å²) in [6.45, 7) is 4.20. The van der Waals surface area contributed by atoms with Gasteiger partial charge in [0, 0.05) is 30.6 Å². The van der Waals surface area contributed by atoms with E-state index in [1.165, 1.54) is 11.9 Å². The van der Waals surface area contributed by atoms with Gasteiger partial charge in [-0.15, -0.1) is 0 Å². The molecular formula is C18H20Cl2N4O3S. The molecule has 1 fully saturated rings. The molecule has 0 radical (unpaired) electrons. The van der Waals surface area contributed by atoms with E-state index in [4.69, 9.17) is 27.9 Å². The molecule has 0 atom stereocenters. The first kappa shape index (κ1) is 20.9. The van der Waals surface area contributed by atoms with Gasteiger partial charge in [-0.25, -0.2) is 0 Å². The molecule has 0 unspecified atom stereocenters. The molecule has 3 N–H and O–H groups in total. The second kappa shape index (κ2) is 9.09. The normalized spacial score (nSPS) is 14.1. The Morgan fingerprint density at radius 2 is 1.89 bits per heavy atom. The third-order valence-electron chi connectivity index (χ3n) is 4.34. The van der Waals surface area contributed by atoms with Gasteiger partial charge in [-0.2, -0.15) is 0 Å². The number of aromatic amines is 1. The molecular weight excluding hydrogens is 423 g/mol. The third-order valence-corrected chi connectivity index (χ3v) is 5.67. The van der Waals surface area contributed by atoms with Crippen molar-refractivity contribution in [2.24, 2.45) is 0 Å². The van der Waals surface area contributed by atoms with Gasteiger partial charge >= 0.3 is 0 Å². The zero-order valence-electron chi connectivity index (χ0n) is 15.4. The van der Waals surface area contributed by atoms with E-state index in [-0.39, 0.29) is 16.6 Å². The van der Waals surface area contributed by atoms with Crippen LogP contribution in [0.5, 0.6) is 0 Å². The Morgan fingerprint density at radius 3 is 2.50 bits per heavy atom. The Kier molecular flexibility index (Phi) is 6.77. The number of nitrogens with one attached hydrogen (secondary N) is 3. The van der Waals surface area contributed by atoms with Crippen LogP contribution in [0.25, 0.3) is 0 Å². The number of morpholine rings is 1. The Balaban J connectivity index is 1.93. The van der Waals surface area contributed by atoms with Gasteiger partial charge in [0.2, 0.25) is 0 Å². The standard InChI is InChI=1S/C18H20Cl2N4O3S/c1-10-14(19)15(20)16(21-10)18(26)22-12-4-3-11(17(25)23-28-2)9-13(12)24-5-7-27-8-6-24/h3-4,9,21H,5-8H2,1-2H3,(H,22,26)(H,23,25). The van der Waals surface area contributed by atoms with E-state index < -0.39 is 5.91 Å². The lowest BCUT2D eigenvalue weighted by Crippen LogP contribution is -2.37. The number of nitrogens with zero attached hydrogens (tertiary/aromatic N) is 1. The maximum atomic E-state index is 12.7. The summed E-state index contributed by atoms with van der Waals surface area (Å²) < 4.78 is 8.12. The van der Waals surface area contributed by atoms with Crippen LogP contribution in [0.4, 0.5) is 11.4 Å². The minimum Gasteiger partial charge on any atom is -0.378 e. The lowest BCUT2D eigenvalue weighted by Gasteiger charge is -2.31. The van der Waals surface area contributed by atoms with E-state index in [1.54, 1.807) is 31.4 Å². The number of ether oxygens (including phenoxy) is 1. The van der Waals surface area contributed by atoms with Crippen molar-refractivity contribution in [1.82, 2.24) is 9.71 Å². The summed E-state index contributed by atoms with van der Waals surface area (Å²) in [5.74, 6) is -0.606. The van der Waals surface area contributed by atoms with Crippen LogP contribution in [-0.2, 0) is 4.74 Å². The summed E-state index contributed by atoms with van der Waals surface area (Å²) in [5.41, 5.74) is 2.64. The zero-order chi connectivity index (χ0) is 20.3. The van der Waals surface area contributed by atoms with Crippen molar-refractivity contribution in [3.05, 3.63) is 45.2 Å². The van der Waals surface area contributed by atoms with E-state index in [2.05, 4.69) is 19.9 Å². The minimum absolute atomic E-state index is 0.181. The molecule has 150 valence electrons. The number of aromatic nitrogens is 1. The van der Waals surface area contributed by atoms with Crippen LogP contribution in [0.15, 0.2) is 18.2 Å². The number of rotatable bonds is 5. The first-order chi connectivity index (χ1) is 13.4. The van der Waals surface area contributed by atoms with E-state index in [0.29, 0.717) is 48.3 Å². The number of hydrogen-bond donors (Lipinski definition) is 3. The Morgan fingerprint density at radius 1 is 1.18 bits per heavy atom. The molecule has 0 spiro atoms. The van der Waals surface area contributed by atoms with Crippen LogP contribution in [-0.4, -0.2) is 49.4 Å². The maximum Gasteiger partial charge on any atom is 0.273 e. The summed E-state index contributed by atoms with van der Waals surface area (Å²) in [4.78, 5) is 29.9. The van der Waals surface area contributed by atoms with Crippen LogP contribution >= 0.6 is 35.1 Å². The molecule has 10 heteroatoms. The van der Waals surface area contributed by atoms with Gasteiger partial charge in [-0.05, 0) is 25.1 Å². The molecule has 0 saturated carbocycles. The van der Waals surface area contributed by atoms with Gasteiger partial charge in [0.05, 0.1) is 34.6 Å². The average Bonchev–Trinajstić information content (AvgIpc) is 2.96. The van der Waals surface area contributed by atoms with Gasteiger partial charge in [0.15, 0.2) is 0 Å². The van der Waals surface area contributed by atoms with Gasteiger partial charge in [0.1, 0.15) is 5.69 Å². The van der Waals surface area contributed by atoms with Crippen molar-refractivity contribution >= 4 is 58.3 Å². The fourth-order valence-electron chi connectivity index (χ4n) is 2.91. The van der Waals surface area contributed by atoms with Crippen LogP contribution in [0.3, 0.4) is 0 Å². The first-order valence-electron chi connectivity index (χ1n) is 8.57. The predicted molar refractivity (Wildman–Crippen MR) is 114 cm³/mol. The molecule has 1 aromatic carbocycles. The number of hydrogen-bond acceptors (Lipinski definition) is 5. The number of halogens is 2. The van der Waals surface area contributed by atoms with Gasteiger partial charge < -0.3 is 19.9 Å². The summed E-state index contributed by atoms with van der Waals surface area (Å²) in [7, 11) is 0. The zero-order valence-corrected chi connectivity index (χ0v) is 17.7. The number of H-pyrrole nitrogens is 1. The van der Waals surface area contributed by atoms with Gasteiger partial charge in [-0.3, -0.25) is 14.3 Å². The highest BCUT2D eigenvalue weighted by atomic mass is 35.5. The largest absolute Gasteiger partial charge is 0.378 e. The van der Waals surface area contributed by atoms with Crippen molar-refractivity contribution in [3.63, 3.8) is 0 Å². The molecule has 28 heavy (non-hydrogen) atoms. The predicted octanol–water partition coefficient (Wildman–Crippen LogP) is 3.73. The maximum absolute atomic E-state index is 12.7. The molecule has 2 aromatic rings. The topological polar surface area (TPSA) is 86.5 Å². The molecule has 2 heterocycles. The molecule has 2 amide bonds. The van der Waals surface area contributed by atoms with Crippen LogP contribution < -0.4 is 14.9 Å². The molecule has 1 aromatic heterocycles. The van der Waals surface area contributed by atoms with Crippen LogP contribution in [0.1, 0.15) is 26.5 Å². The quantitative estimate of drug-likeness (QED) is 0.614. The number of anilines is 2. The highest BCUT2D eigenvalue weighted by Gasteiger charge is 2.22. The highest BCUT2D eigenvalue weighted by Crippen LogP contribution is 2.32. The van der Waals surface area contributed by atoms with Crippen molar-refractivity contribution in [2.75, 3.05) is 42.8 Å². The third kappa shape index (κ3) is 4.41. The molecule has 1 aliphatic heterocycles. The summed E-state index contributed by atoms with van der Waals surface area (Å²) in [5, 5.41) is 3.38.